The van der Waals surface area contributed by atoms with Crippen LogP contribution < -0.4 is 14.2 Å². The summed E-state index contributed by atoms with van der Waals surface area (Å²) in [6, 6.07) is 3.41. The molecule has 0 radical (unpaired) electrons. The largest absolute Gasteiger partial charge is 0.493 e. The Morgan fingerprint density at radius 2 is 1.48 bits per heavy atom. The predicted octanol–water partition coefficient (Wildman–Crippen LogP) is 1.64. The summed E-state index contributed by atoms with van der Waals surface area (Å²) in [4.78, 5) is 0. The SMILES string of the molecule is COc1cc(C2(O)CC3CCC(C2)S3(=O)=O)cc(OC)c1OC. The van der Waals surface area contributed by atoms with Gasteiger partial charge in [0.2, 0.25) is 5.75 Å². The zero-order valence-corrected chi connectivity index (χ0v) is 14.4. The van der Waals surface area contributed by atoms with Gasteiger partial charge < -0.3 is 19.3 Å². The Balaban J connectivity index is 2.05. The molecule has 2 fully saturated rings. The van der Waals surface area contributed by atoms with E-state index < -0.39 is 25.9 Å². The number of hydrogen-bond donors (Lipinski definition) is 1. The number of fused-ring (bicyclic) bond motifs is 2. The van der Waals surface area contributed by atoms with Crippen molar-refractivity contribution in [3.05, 3.63) is 17.7 Å². The number of aliphatic hydroxyl groups is 1. The molecule has 2 atom stereocenters. The molecule has 2 unspecified atom stereocenters. The second kappa shape index (κ2) is 5.56. The van der Waals surface area contributed by atoms with Gasteiger partial charge in [-0.15, -0.1) is 0 Å². The summed E-state index contributed by atoms with van der Waals surface area (Å²) in [5.41, 5.74) is -0.580. The molecule has 0 aromatic heterocycles. The lowest BCUT2D eigenvalue weighted by molar-refractivity contribution is 0.0169. The van der Waals surface area contributed by atoms with Crippen molar-refractivity contribution in [2.45, 2.75) is 41.8 Å². The van der Waals surface area contributed by atoms with E-state index in [1.54, 1.807) is 12.1 Å². The maximum atomic E-state index is 12.3. The van der Waals surface area contributed by atoms with Gasteiger partial charge in [0.25, 0.3) is 0 Å². The standard InChI is InChI=1S/C16H22O6S/c1-20-13-6-10(7-14(21-2)15(13)22-3)16(17)8-11-4-5-12(9-16)23(11,18)19/h6-7,11-12,17H,4-5,8-9H2,1-3H3. The maximum Gasteiger partial charge on any atom is 0.203 e. The first-order valence-corrected chi connectivity index (χ1v) is 9.22. The van der Waals surface area contributed by atoms with Crippen LogP contribution in [0.25, 0.3) is 0 Å². The molecule has 0 saturated carbocycles. The number of methoxy groups -OCH3 is 3. The number of benzene rings is 1. The molecule has 3 rings (SSSR count). The molecule has 2 saturated heterocycles. The fourth-order valence-corrected chi connectivity index (χ4v) is 6.32. The topological polar surface area (TPSA) is 82.1 Å². The first-order chi connectivity index (χ1) is 10.9. The van der Waals surface area contributed by atoms with E-state index in [1.807, 2.05) is 0 Å². The molecular weight excluding hydrogens is 320 g/mol. The van der Waals surface area contributed by atoms with E-state index >= 15 is 0 Å². The summed E-state index contributed by atoms with van der Waals surface area (Å²) in [6.07, 6.45) is 1.68. The molecule has 1 aromatic rings. The summed E-state index contributed by atoms with van der Waals surface area (Å²) < 4.78 is 40.5. The molecule has 6 nitrogen and oxygen atoms in total. The van der Waals surface area contributed by atoms with Crippen molar-refractivity contribution in [3.63, 3.8) is 0 Å². The van der Waals surface area contributed by atoms with E-state index in [9.17, 15) is 13.5 Å². The van der Waals surface area contributed by atoms with Crippen LogP contribution >= 0.6 is 0 Å². The van der Waals surface area contributed by atoms with Crippen LogP contribution in [0, 0.1) is 0 Å². The van der Waals surface area contributed by atoms with Gasteiger partial charge in [0.1, 0.15) is 0 Å². The van der Waals surface area contributed by atoms with Crippen LogP contribution in [-0.2, 0) is 15.4 Å². The first kappa shape index (κ1) is 16.4. The van der Waals surface area contributed by atoms with Gasteiger partial charge in [0, 0.05) is 0 Å². The minimum absolute atomic E-state index is 0.213. The van der Waals surface area contributed by atoms with Crippen molar-refractivity contribution < 1.29 is 27.7 Å². The van der Waals surface area contributed by atoms with Crippen molar-refractivity contribution in [1.82, 2.24) is 0 Å². The molecule has 23 heavy (non-hydrogen) atoms. The number of rotatable bonds is 4. The van der Waals surface area contributed by atoms with Crippen molar-refractivity contribution >= 4 is 9.84 Å². The predicted molar refractivity (Wildman–Crippen MR) is 85.0 cm³/mol. The molecule has 2 heterocycles. The highest BCUT2D eigenvalue weighted by atomic mass is 32.2. The van der Waals surface area contributed by atoms with Crippen molar-refractivity contribution in [2.24, 2.45) is 0 Å². The van der Waals surface area contributed by atoms with Gasteiger partial charge in [0.05, 0.1) is 37.4 Å². The summed E-state index contributed by atoms with van der Waals surface area (Å²) in [5.74, 6) is 1.36. The maximum absolute atomic E-state index is 12.3. The average Bonchev–Trinajstić information content (AvgIpc) is 2.71. The Hall–Kier alpha value is -1.47. The van der Waals surface area contributed by atoms with Gasteiger partial charge in [-0.2, -0.15) is 0 Å². The smallest absolute Gasteiger partial charge is 0.203 e. The van der Waals surface area contributed by atoms with Gasteiger partial charge in [-0.3, -0.25) is 0 Å². The highest BCUT2D eigenvalue weighted by Gasteiger charge is 2.53. The van der Waals surface area contributed by atoms with Crippen LogP contribution in [0.15, 0.2) is 12.1 Å². The zero-order chi connectivity index (χ0) is 16.8. The third-order valence-corrected chi connectivity index (χ3v) is 7.74. The van der Waals surface area contributed by atoms with Gasteiger partial charge in [0.15, 0.2) is 21.3 Å². The average molecular weight is 342 g/mol. The highest BCUT2D eigenvalue weighted by molar-refractivity contribution is 7.93. The molecular formula is C16H22O6S. The fourth-order valence-electron chi connectivity index (χ4n) is 3.83. The molecule has 0 aliphatic carbocycles. The van der Waals surface area contributed by atoms with Crippen LogP contribution in [0.2, 0.25) is 0 Å². The van der Waals surface area contributed by atoms with Crippen molar-refractivity contribution in [3.8, 4) is 17.2 Å². The summed E-state index contributed by atoms with van der Waals surface area (Å²) in [6.45, 7) is 0. The lowest BCUT2D eigenvalue weighted by Crippen LogP contribution is -2.43. The van der Waals surface area contributed by atoms with Crippen molar-refractivity contribution in [2.75, 3.05) is 21.3 Å². The Bertz CT molecular complexity index is 666. The fraction of sp³-hybridized carbons (Fsp3) is 0.625. The van der Waals surface area contributed by atoms with Crippen LogP contribution in [0.3, 0.4) is 0 Å². The monoisotopic (exact) mass is 342 g/mol. The Morgan fingerprint density at radius 3 is 1.87 bits per heavy atom. The molecule has 2 bridgehead atoms. The molecule has 7 heteroatoms. The van der Waals surface area contributed by atoms with Crippen LogP contribution in [0.1, 0.15) is 31.2 Å². The summed E-state index contributed by atoms with van der Waals surface area (Å²) in [5, 5.41) is 10.2. The third-order valence-electron chi connectivity index (χ3n) is 5.07. The Morgan fingerprint density at radius 1 is 1.00 bits per heavy atom. The molecule has 1 aromatic carbocycles. The summed E-state index contributed by atoms with van der Waals surface area (Å²) in [7, 11) is 1.44. The second-order valence-electron chi connectivity index (χ2n) is 6.26. The quantitative estimate of drug-likeness (QED) is 0.896. The number of ether oxygens (including phenoxy) is 3. The highest BCUT2D eigenvalue weighted by Crippen LogP contribution is 2.50. The summed E-state index contributed by atoms with van der Waals surface area (Å²) >= 11 is 0. The van der Waals surface area contributed by atoms with Gasteiger partial charge >= 0.3 is 0 Å². The molecule has 2 aliphatic rings. The molecule has 1 N–H and O–H groups in total. The lowest BCUT2D eigenvalue weighted by Gasteiger charge is -2.37. The molecule has 2 aliphatic heterocycles. The van der Waals surface area contributed by atoms with E-state index in [-0.39, 0.29) is 12.8 Å². The second-order valence-corrected chi connectivity index (χ2v) is 8.78. The lowest BCUT2D eigenvalue weighted by atomic mass is 9.85. The van der Waals surface area contributed by atoms with Gasteiger partial charge in [-0.25, -0.2) is 8.42 Å². The van der Waals surface area contributed by atoms with Crippen LogP contribution in [0.5, 0.6) is 17.2 Å². The van der Waals surface area contributed by atoms with E-state index in [4.69, 9.17) is 14.2 Å². The number of hydrogen-bond acceptors (Lipinski definition) is 6. The minimum Gasteiger partial charge on any atom is -0.493 e. The normalized spacial score (nSPS) is 31.7. The van der Waals surface area contributed by atoms with Crippen LogP contribution in [-0.4, -0.2) is 45.4 Å². The third kappa shape index (κ3) is 2.46. The van der Waals surface area contributed by atoms with Crippen molar-refractivity contribution in [1.29, 1.82) is 0 Å². The van der Waals surface area contributed by atoms with Gasteiger partial charge in [-0.1, -0.05) is 0 Å². The number of sulfone groups is 1. The van der Waals surface area contributed by atoms with Gasteiger partial charge in [-0.05, 0) is 43.4 Å². The Labute approximate surface area is 136 Å². The zero-order valence-electron chi connectivity index (χ0n) is 13.5. The Kier molecular flexibility index (Phi) is 3.96. The first-order valence-electron chi connectivity index (χ1n) is 7.61. The van der Waals surface area contributed by atoms with E-state index in [2.05, 4.69) is 0 Å². The van der Waals surface area contributed by atoms with E-state index in [0.29, 0.717) is 35.7 Å². The molecule has 0 amide bonds. The van der Waals surface area contributed by atoms with E-state index in [1.165, 1.54) is 21.3 Å². The van der Waals surface area contributed by atoms with Crippen LogP contribution in [0.4, 0.5) is 0 Å². The molecule has 0 spiro atoms. The molecule has 128 valence electrons. The van der Waals surface area contributed by atoms with E-state index in [0.717, 1.165) is 0 Å². The minimum atomic E-state index is -3.10.